The largest absolute Gasteiger partial charge is 0.480 e. The molecule has 1 aromatic carbocycles. The fourth-order valence-electron chi connectivity index (χ4n) is 1.73. The highest BCUT2D eigenvalue weighted by atomic mass is 35.5. The lowest BCUT2D eigenvalue weighted by atomic mass is 10.1. The molecular weight excluding hydrogens is 296 g/mol. The van der Waals surface area contributed by atoms with Gasteiger partial charge in [-0.05, 0) is 37.5 Å². The Morgan fingerprint density at radius 1 is 1.43 bits per heavy atom. The van der Waals surface area contributed by atoms with Crippen molar-refractivity contribution in [3.05, 3.63) is 28.8 Å². The van der Waals surface area contributed by atoms with Gasteiger partial charge in [0.15, 0.2) is 0 Å². The zero-order chi connectivity index (χ0) is 15.8. The predicted molar refractivity (Wildman–Crippen MR) is 80.9 cm³/mol. The quantitative estimate of drug-likeness (QED) is 0.675. The number of carbonyl (C=O) groups is 2. The third-order valence-corrected chi connectivity index (χ3v) is 3.13. The van der Waals surface area contributed by atoms with Crippen LogP contribution in [0, 0.1) is 6.92 Å². The van der Waals surface area contributed by atoms with Crippen molar-refractivity contribution in [2.24, 2.45) is 0 Å². The number of hydrogen-bond donors (Lipinski definition) is 3. The van der Waals surface area contributed by atoms with E-state index >= 15 is 0 Å². The summed E-state index contributed by atoms with van der Waals surface area (Å²) in [5, 5.41) is 14.4. The standard InChI is InChI=1S/C14H19ClN2O4/c1-9-5-6-11(10(15)8-9)16-14(20)17-12(13(18)19)4-3-7-21-2/h5-6,8,12H,3-4,7H2,1-2H3,(H,18,19)(H2,16,17,20). The third kappa shape index (κ3) is 6.01. The SMILES string of the molecule is COCCCC(NC(=O)Nc1ccc(C)cc1Cl)C(=O)O. The zero-order valence-corrected chi connectivity index (χ0v) is 12.7. The van der Waals surface area contributed by atoms with Crippen LogP contribution in [-0.4, -0.2) is 36.9 Å². The molecule has 6 nitrogen and oxygen atoms in total. The molecule has 2 amide bonds. The van der Waals surface area contributed by atoms with Gasteiger partial charge in [-0.2, -0.15) is 0 Å². The summed E-state index contributed by atoms with van der Waals surface area (Å²) in [6.45, 7) is 2.32. The number of urea groups is 1. The molecule has 1 aromatic rings. The number of carbonyl (C=O) groups excluding carboxylic acids is 1. The number of anilines is 1. The number of methoxy groups -OCH3 is 1. The second kappa shape index (κ2) is 8.49. The van der Waals surface area contributed by atoms with E-state index in [9.17, 15) is 9.59 Å². The minimum absolute atomic E-state index is 0.290. The molecule has 116 valence electrons. The van der Waals surface area contributed by atoms with Crippen molar-refractivity contribution < 1.29 is 19.4 Å². The normalized spacial score (nSPS) is 11.8. The summed E-state index contributed by atoms with van der Waals surface area (Å²) in [7, 11) is 1.54. The minimum Gasteiger partial charge on any atom is -0.480 e. The van der Waals surface area contributed by atoms with Crippen LogP contribution in [0.5, 0.6) is 0 Å². The molecule has 0 aliphatic carbocycles. The average Bonchev–Trinajstić information content (AvgIpc) is 2.41. The summed E-state index contributed by atoms with van der Waals surface area (Å²) in [6.07, 6.45) is 0.831. The highest BCUT2D eigenvalue weighted by Crippen LogP contribution is 2.22. The van der Waals surface area contributed by atoms with Crippen LogP contribution >= 0.6 is 11.6 Å². The van der Waals surface area contributed by atoms with Crippen molar-refractivity contribution >= 4 is 29.3 Å². The Morgan fingerprint density at radius 3 is 2.71 bits per heavy atom. The Bertz CT molecular complexity index is 508. The number of ether oxygens (including phenoxy) is 1. The number of carboxylic acids is 1. The Kier molecular flexibility index (Phi) is 6.98. The number of aliphatic carboxylic acids is 1. The Morgan fingerprint density at radius 2 is 2.14 bits per heavy atom. The van der Waals surface area contributed by atoms with E-state index < -0.39 is 18.0 Å². The summed E-state index contributed by atoms with van der Waals surface area (Å²) in [4.78, 5) is 22.9. The molecule has 0 saturated carbocycles. The summed E-state index contributed by atoms with van der Waals surface area (Å²) in [6, 6.07) is 3.60. The first-order valence-electron chi connectivity index (χ1n) is 6.49. The van der Waals surface area contributed by atoms with Crippen LogP contribution < -0.4 is 10.6 Å². The molecule has 0 aliphatic heterocycles. The first kappa shape index (κ1) is 17.3. The Hall–Kier alpha value is -1.79. The Labute approximate surface area is 128 Å². The second-order valence-electron chi connectivity index (χ2n) is 4.61. The molecule has 0 spiro atoms. The molecule has 0 heterocycles. The predicted octanol–water partition coefficient (Wildman–Crippen LogP) is 2.65. The number of carboxylic acid groups (broad SMARTS) is 1. The number of halogens is 1. The third-order valence-electron chi connectivity index (χ3n) is 2.82. The maximum Gasteiger partial charge on any atom is 0.326 e. The number of nitrogens with one attached hydrogen (secondary N) is 2. The van der Waals surface area contributed by atoms with Crippen LogP contribution in [-0.2, 0) is 9.53 Å². The van der Waals surface area contributed by atoms with Crippen molar-refractivity contribution in [2.75, 3.05) is 19.0 Å². The van der Waals surface area contributed by atoms with Crippen LogP contribution in [0.3, 0.4) is 0 Å². The van der Waals surface area contributed by atoms with E-state index in [1.807, 2.05) is 6.92 Å². The molecule has 1 atom stereocenters. The summed E-state index contributed by atoms with van der Waals surface area (Å²) in [5.74, 6) is -1.09. The molecule has 3 N–H and O–H groups in total. The van der Waals surface area contributed by atoms with E-state index in [-0.39, 0.29) is 6.42 Å². The molecule has 0 fully saturated rings. The molecule has 0 aliphatic rings. The lowest BCUT2D eigenvalue weighted by Crippen LogP contribution is -2.43. The monoisotopic (exact) mass is 314 g/mol. The zero-order valence-electron chi connectivity index (χ0n) is 12.0. The van der Waals surface area contributed by atoms with Gasteiger partial charge in [0.2, 0.25) is 0 Å². The van der Waals surface area contributed by atoms with Gasteiger partial charge in [0, 0.05) is 13.7 Å². The van der Waals surface area contributed by atoms with Gasteiger partial charge in [0.25, 0.3) is 0 Å². The van der Waals surface area contributed by atoms with Gasteiger partial charge < -0.3 is 20.5 Å². The molecule has 0 saturated heterocycles. The number of hydrogen-bond acceptors (Lipinski definition) is 3. The molecule has 1 rings (SSSR count). The van der Waals surface area contributed by atoms with Crippen LogP contribution in [0.4, 0.5) is 10.5 Å². The fraction of sp³-hybridized carbons (Fsp3) is 0.429. The van der Waals surface area contributed by atoms with E-state index in [2.05, 4.69) is 10.6 Å². The van der Waals surface area contributed by atoms with E-state index in [4.69, 9.17) is 21.4 Å². The van der Waals surface area contributed by atoms with Gasteiger partial charge >= 0.3 is 12.0 Å². The van der Waals surface area contributed by atoms with Crippen molar-refractivity contribution in [3.63, 3.8) is 0 Å². The van der Waals surface area contributed by atoms with Crippen LogP contribution in [0.25, 0.3) is 0 Å². The van der Waals surface area contributed by atoms with Crippen molar-refractivity contribution in [3.8, 4) is 0 Å². The lowest BCUT2D eigenvalue weighted by Gasteiger charge is -2.15. The number of rotatable bonds is 7. The van der Waals surface area contributed by atoms with Crippen LogP contribution in [0.15, 0.2) is 18.2 Å². The summed E-state index contributed by atoms with van der Waals surface area (Å²) in [5.41, 5.74) is 1.40. The summed E-state index contributed by atoms with van der Waals surface area (Å²) < 4.78 is 4.86. The van der Waals surface area contributed by atoms with Gasteiger partial charge in [-0.3, -0.25) is 0 Å². The molecule has 7 heteroatoms. The maximum atomic E-state index is 11.8. The molecule has 21 heavy (non-hydrogen) atoms. The summed E-state index contributed by atoms with van der Waals surface area (Å²) >= 11 is 6.00. The topological polar surface area (TPSA) is 87.7 Å². The van der Waals surface area contributed by atoms with E-state index in [0.29, 0.717) is 23.7 Å². The number of benzene rings is 1. The van der Waals surface area contributed by atoms with Gasteiger partial charge in [-0.25, -0.2) is 9.59 Å². The fourth-order valence-corrected chi connectivity index (χ4v) is 2.01. The first-order valence-corrected chi connectivity index (χ1v) is 6.87. The molecular formula is C14H19ClN2O4. The number of aryl methyl sites for hydroxylation is 1. The van der Waals surface area contributed by atoms with E-state index in [1.165, 1.54) is 7.11 Å². The number of amides is 2. The van der Waals surface area contributed by atoms with Gasteiger partial charge in [-0.15, -0.1) is 0 Å². The smallest absolute Gasteiger partial charge is 0.326 e. The van der Waals surface area contributed by atoms with Gasteiger partial charge in [0.05, 0.1) is 10.7 Å². The molecule has 0 bridgehead atoms. The Balaban J connectivity index is 2.59. The van der Waals surface area contributed by atoms with Gasteiger partial charge in [-0.1, -0.05) is 17.7 Å². The maximum absolute atomic E-state index is 11.8. The van der Waals surface area contributed by atoms with Crippen molar-refractivity contribution in [2.45, 2.75) is 25.8 Å². The second-order valence-corrected chi connectivity index (χ2v) is 5.01. The minimum atomic E-state index is -1.09. The van der Waals surface area contributed by atoms with Crippen molar-refractivity contribution in [1.29, 1.82) is 0 Å². The van der Waals surface area contributed by atoms with E-state index in [0.717, 1.165) is 5.56 Å². The molecule has 0 radical (unpaired) electrons. The van der Waals surface area contributed by atoms with Crippen LogP contribution in [0.1, 0.15) is 18.4 Å². The highest BCUT2D eigenvalue weighted by molar-refractivity contribution is 6.33. The van der Waals surface area contributed by atoms with E-state index in [1.54, 1.807) is 18.2 Å². The molecule has 0 aromatic heterocycles. The van der Waals surface area contributed by atoms with Crippen LogP contribution in [0.2, 0.25) is 5.02 Å². The average molecular weight is 315 g/mol. The lowest BCUT2D eigenvalue weighted by molar-refractivity contribution is -0.139. The van der Waals surface area contributed by atoms with Gasteiger partial charge in [0.1, 0.15) is 6.04 Å². The first-order chi connectivity index (χ1) is 9.93. The van der Waals surface area contributed by atoms with Crippen molar-refractivity contribution in [1.82, 2.24) is 5.32 Å². The molecule has 1 unspecified atom stereocenters. The highest BCUT2D eigenvalue weighted by Gasteiger charge is 2.19.